The average Bonchev–Trinajstić information content (AvgIpc) is 2.68. The van der Waals surface area contributed by atoms with Crippen LogP contribution in [0.4, 0.5) is 27.6 Å². The highest BCUT2D eigenvalue weighted by Crippen LogP contribution is 2.35. The van der Waals surface area contributed by atoms with Gasteiger partial charge in [0.25, 0.3) is 0 Å². The average molecular weight is 296 g/mol. The van der Waals surface area contributed by atoms with Gasteiger partial charge in [-0.25, -0.2) is 4.98 Å². The second-order valence-electron chi connectivity index (χ2n) is 4.03. The van der Waals surface area contributed by atoms with E-state index in [2.05, 4.69) is 9.72 Å². The summed E-state index contributed by atoms with van der Waals surface area (Å²) >= 11 is 0. The van der Waals surface area contributed by atoms with E-state index in [4.69, 9.17) is 10.2 Å². The second kappa shape index (κ2) is 4.89. The van der Waals surface area contributed by atoms with Crippen LogP contribution >= 0.6 is 0 Å². The number of halogens is 5. The van der Waals surface area contributed by atoms with Gasteiger partial charge in [-0.3, -0.25) is 0 Å². The maximum Gasteiger partial charge on any atom is 0.455 e. The predicted octanol–water partition coefficient (Wildman–Crippen LogP) is 3.12. The van der Waals surface area contributed by atoms with Crippen LogP contribution in [-0.4, -0.2) is 23.7 Å². The van der Waals surface area contributed by atoms with Gasteiger partial charge in [-0.15, -0.1) is 0 Å². The standard InChI is InChI=1S/C11H9F5N2O2/c12-10(13,11(14,15)16)5-19-4-9-18-7-2-1-6(17)3-8(7)20-9/h1-3H,4-5,17H2. The van der Waals surface area contributed by atoms with Crippen LogP contribution in [0, 0.1) is 0 Å². The number of anilines is 1. The van der Waals surface area contributed by atoms with Gasteiger partial charge in [-0.1, -0.05) is 0 Å². The van der Waals surface area contributed by atoms with Crippen LogP contribution in [0.5, 0.6) is 0 Å². The van der Waals surface area contributed by atoms with Crippen molar-refractivity contribution < 1.29 is 31.1 Å². The molecule has 1 heterocycles. The summed E-state index contributed by atoms with van der Waals surface area (Å²) in [5, 5.41) is 0. The second-order valence-corrected chi connectivity index (χ2v) is 4.03. The highest BCUT2D eigenvalue weighted by atomic mass is 19.4. The van der Waals surface area contributed by atoms with E-state index in [1.165, 1.54) is 12.1 Å². The van der Waals surface area contributed by atoms with Gasteiger partial charge in [-0.05, 0) is 12.1 Å². The Kier molecular flexibility index (Phi) is 3.55. The molecule has 2 rings (SSSR count). The molecule has 0 bridgehead atoms. The van der Waals surface area contributed by atoms with E-state index < -0.39 is 25.3 Å². The smallest absolute Gasteiger partial charge is 0.438 e. The number of nitrogen functional groups attached to an aromatic ring is 1. The van der Waals surface area contributed by atoms with E-state index in [0.717, 1.165) is 0 Å². The number of hydrogen-bond acceptors (Lipinski definition) is 4. The maximum atomic E-state index is 12.6. The van der Waals surface area contributed by atoms with E-state index in [1.54, 1.807) is 6.07 Å². The van der Waals surface area contributed by atoms with Crippen molar-refractivity contribution >= 4 is 16.8 Å². The van der Waals surface area contributed by atoms with Crippen molar-refractivity contribution in [3.05, 3.63) is 24.1 Å². The van der Waals surface area contributed by atoms with Crippen molar-refractivity contribution in [1.29, 1.82) is 0 Å². The Morgan fingerprint density at radius 3 is 2.55 bits per heavy atom. The summed E-state index contributed by atoms with van der Waals surface area (Å²) in [6.45, 7) is -2.39. The minimum Gasteiger partial charge on any atom is -0.438 e. The third-order valence-corrected chi connectivity index (χ3v) is 2.38. The zero-order chi connectivity index (χ0) is 15.0. The summed E-state index contributed by atoms with van der Waals surface area (Å²) in [6.07, 6.45) is -5.65. The summed E-state index contributed by atoms with van der Waals surface area (Å²) < 4.78 is 70.2. The predicted molar refractivity (Wildman–Crippen MR) is 59.1 cm³/mol. The first kappa shape index (κ1) is 14.5. The van der Waals surface area contributed by atoms with Gasteiger partial charge in [0.1, 0.15) is 18.7 Å². The number of nitrogens with two attached hydrogens (primary N) is 1. The first-order valence-corrected chi connectivity index (χ1v) is 5.36. The Labute approximate surface area is 109 Å². The quantitative estimate of drug-likeness (QED) is 0.695. The Morgan fingerprint density at radius 1 is 1.20 bits per heavy atom. The van der Waals surface area contributed by atoms with Crippen molar-refractivity contribution in [3.8, 4) is 0 Å². The van der Waals surface area contributed by atoms with Crippen molar-refractivity contribution in [2.24, 2.45) is 0 Å². The molecule has 0 saturated carbocycles. The van der Waals surface area contributed by atoms with Crippen molar-refractivity contribution in [2.75, 3.05) is 12.3 Å². The first-order chi connectivity index (χ1) is 9.19. The van der Waals surface area contributed by atoms with Crippen molar-refractivity contribution in [3.63, 3.8) is 0 Å². The molecule has 4 nitrogen and oxygen atoms in total. The molecule has 0 fully saturated rings. The van der Waals surface area contributed by atoms with Crippen LogP contribution in [0.2, 0.25) is 0 Å². The zero-order valence-corrected chi connectivity index (χ0v) is 9.88. The third-order valence-electron chi connectivity index (χ3n) is 2.38. The maximum absolute atomic E-state index is 12.6. The van der Waals surface area contributed by atoms with Crippen LogP contribution < -0.4 is 5.73 Å². The molecule has 0 amide bonds. The highest BCUT2D eigenvalue weighted by molar-refractivity contribution is 5.76. The van der Waals surface area contributed by atoms with E-state index in [-0.39, 0.29) is 5.89 Å². The lowest BCUT2D eigenvalue weighted by Crippen LogP contribution is -2.40. The SMILES string of the molecule is Nc1ccc2nc(COCC(F)(F)C(F)(F)F)oc2c1. The largest absolute Gasteiger partial charge is 0.455 e. The molecular weight excluding hydrogens is 287 g/mol. The summed E-state index contributed by atoms with van der Waals surface area (Å²) in [5.41, 5.74) is 6.60. The summed E-state index contributed by atoms with van der Waals surface area (Å²) in [4.78, 5) is 3.86. The van der Waals surface area contributed by atoms with Crippen molar-refractivity contribution in [1.82, 2.24) is 4.98 Å². The van der Waals surface area contributed by atoms with Gasteiger partial charge in [-0.2, -0.15) is 22.0 Å². The lowest BCUT2D eigenvalue weighted by atomic mass is 10.3. The van der Waals surface area contributed by atoms with Gasteiger partial charge >= 0.3 is 12.1 Å². The molecule has 1 aromatic heterocycles. The molecule has 1 aromatic carbocycles. The van der Waals surface area contributed by atoms with E-state index >= 15 is 0 Å². The lowest BCUT2D eigenvalue weighted by Gasteiger charge is -2.18. The van der Waals surface area contributed by atoms with Crippen LogP contribution in [0.25, 0.3) is 11.1 Å². The minimum absolute atomic E-state index is 0.108. The molecule has 0 aliphatic rings. The Bertz CT molecular complexity index is 608. The van der Waals surface area contributed by atoms with E-state index in [1.807, 2.05) is 0 Å². The number of hydrogen-bond donors (Lipinski definition) is 1. The molecule has 9 heteroatoms. The van der Waals surface area contributed by atoms with Crippen LogP contribution in [0.1, 0.15) is 5.89 Å². The molecule has 20 heavy (non-hydrogen) atoms. The number of benzene rings is 1. The third kappa shape index (κ3) is 2.98. The normalized spacial score (nSPS) is 13.1. The Balaban J connectivity index is 2.00. The molecule has 0 aliphatic heterocycles. The summed E-state index contributed by atoms with van der Waals surface area (Å²) in [7, 11) is 0. The number of ether oxygens (including phenoxy) is 1. The fourth-order valence-electron chi connectivity index (χ4n) is 1.40. The molecular formula is C11H9F5N2O2. The molecule has 0 radical (unpaired) electrons. The van der Waals surface area contributed by atoms with E-state index in [0.29, 0.717) is 16.8 Å². The fourth-order valence-corrected chi connectivity index (χ4v) is 1.40. The van der Waals surface area contributed by atoms with Gasteiger partial charge in [0.2, 0.25) is 5.89 Å². The van der Waals surface area contributed by atoms with Gasteiger partial charge in [0.05, 0.1) is 0 Å². The molecule has 0 unspecified atom stereocenters. The molecule has 110 valence electrons. The first-order valence-electron chi connectivity index (χ1n) is 5.36. The molecule has 0 saturated heterocycles. The van der Waals surface area contributed by atoms with Crippen LogP contribution in [-0.2, 0) is 11.3 Å². The zero-order valence-electron chi connectivity index (χ0n) is 9.88. The highest BCUT2D eigenvalue weighted by Gasteiger charge is 2.57. The van der Waals surface area contributed by atoms with Crippen LogP contribution in [0.15, 0.2) is 22.6 Å². The molecule has 2 N–H and O–H groups in total. The van der Waals surface area contributed by atoms with E-state index in [9.17, 15) is 22.0 Å². The summed E-state index contributed by atoms with van der Waals surface area (Å²) in [5.74, 6) is -5.02. The number of aromatic nitrogens is 1. The van der Waals surface area contributed by atoms with Gasteiger partial charge in [0.15, 0.2) is 5.58 Å². The van der Waals surface area contributed by atoms with Gasteiger partial charge < -0.3 is 14.9 Å². The fraction of sp³-hybridized carbons (Fsp3) is 0.364. The Hall–Kier alpha value is -1.90. The minimum atomic E-state index is -5.65. The number of rotatable bonds is 4. The number of nitrogens with zero attached hydrogens (tertiary/aromatic N) is 1. The molecule has 2 aromatic rings. The molecule has 0 atom stereocenters. The number of alkyl halides is 5. The topological polar surface area (TPSA) is 61.3 Å². The van der Waals surface area contributed by atoms with Gasteiger partial charge in [0, 0.05) is 11.8 Å². The Morgan fingerprint density at radius 2 is 1.90 bits per heavy atom. The molecule has 0 spiro atoms. The number of fused-ring (bicyclic) bond motifs is 1. The number of oxazole rings is 1. The summed E-state index contributed by atoms with van der Waals surface area (Å²) in [6, 6.07) is 4.53. The monoisotopic (exact) mass is 296 g/mol. The van der Waals surface area contributed by atoms with Crippen LogP contribution in [0.3, 0.4) is 0 Å². The molecule has 0 aliphatic carbocycles. The lowest BCUT2D eigenvalue weighted by molar-refractivity contribution is -0.298. The van der Waals surface area contributed by atoms with Crippen molar-refractivity contribution in [2.45, 2.75) is 18.7 Å².